The second kappa shape index (κ2) is 22.9. The summed E-state index contributed by atoms with van der Waals surface area (Å²) in [6.45, 7) is 22.9. The van der Waals surface area contributed by atoms with Gasteiger partial charge in [-0.1, -0.05) is 95.7 Å². The van der Waals surface area contributed by atoms with E-state index in [1.807, 2.05) is 101 Å². The summed E-state index contributed by atoms with van der Waals surface area (Å²) in [5.74, 6) is 0.680. The number of rotatable bonds is 7. The molecule has 2 aromatic carbocycles. The standard InChI is InChI=1S/C14H18N4O2.C7H13N.C7H8.C4H10.C2H6/c1-9-4-5-12(6-10(9)2)18(16-20)8-17-7-13(17)14(15)11(3)19;1-3-5-6-7(8)4-2;1-7-5-3-2-4-6-7;1-4(2)3;1-2/h4-6H,7-8,15H2,1-3H3;3,5-6H,4,8H2,1-2H3;2-6H,1H3;4H,1-3H3;1-2H3/b14-13-;5-3-,7-6-;;;. The van der Waals surface area contributed by atoms with E-state index in [9.17, 15) is 9.70 Å². The molecular weight excluding hydrogens is 510 g/mol. The fraction of sp³-hybridized carbons (Fsp3) is 0.441. The fourth-order valence-electron chi connectivity index (χ4n) is 2.81. The van der Waals surface area contributed by atoms with E-state index < -0.39 is 0 Å². The highest BCUT2D eigenvalue weighted by Crippen LogP contribution is 2.27. The molecule has 1 fully saturated rings. The largest absolute Gasteiger partial charge is 0.402 e. The Kier molecular flexibility index (Phi) is 21.9. The van der Waals surface area contributed by atoms with Crippen molar-refractivity contribution in [2.45, 2.75) is 82.6 Å². The molecule has 1 heterocycles. The predicted molar refractivity (Wildman–Crippen MR) is 178 cm³/mol. The van der Waals surface area contributed by atoms with Gasteiger partial charge in [0.2, 0.25) is 0 Å². The number of carbonyl (C=O) groups excluding carboxylic acids is 1. The molecule has 0 amide bonds. The van der Waals surface area contributed by atoms with Gasteiger partial charge in [-0.3, -0.25) is 4.79 Å². The molecule has 1 saturated heterocycles. The fourth-order valence-corrected chi connectivity index (χ4v) is 2.81. The van der Waals surface area contributed by atoms with Gasteiger partial charge in [0.15, 0.2) is 5.78 Å². The normalized spacial score (nSPS) is 12.8. The zero-order chi connectivity index (χ0) is 32.0. The van der Waals surface area contributed by atoms with E-state index in [-0.39, 0.29) is 11.5 Å². The zero-order valence-corrected chi connectivity index (χ0v) is 27.4. The monoisotopic (exact) mass is 565 g/mol. The SMILES string of the molecule is C/C=C\C=C(/N)CC.CC.CC(=O)/C(N)=C1\CN1CN(N=O)c1ccc(C)c(C)c1.CC(C)C.Cc1ccccc1. The van der Waals surface area contributed by atoms with E-state index in [0.717, 1.165) is 40.5 Å². The van der Waals surface area contributed by atoms with Crippen LogP contribution in [-0.2, 0) is 4.79 Å². The van der Waals surface area contributed by atoms with Crippen molar-refractivity contribution in [3.05, 3.63) is 105 Å². The Morgan fingerprint density at radius 1 is 1.02 bits per heavy atom. The van der Waals surface area contributed by atoms with E-state index in [2.05, 4.69) is 45.1 Å². The topological polar surface area (TPSA) is 105 Å². The number of hydrogen-bond acceptors (Lipinski definition) is 6. The van der Waals surface area contributed by atoms with Gasteiger partial charge in [0.05, 0.1) is 28.9 Å². The first kappa shape index (κ1) is 39.3. The molecule has 41 heavy (non-hydrogen) atoms. The molecule has 228 valence electrons. The van der Waals surface area contributed by atoms with Crippen molar-refractivity contribution in [3.63, 3.8) is 0 Å². The molecular formula is C34H55N5O2. The van der Waals surface area contributed by atoms with Crippen molar-refractivity contribution >= 4 is 11.5 Å². The molecule has 0 saturated carbocycles. The van der Waals surface area contributed by atoms with Gasteiger partial charge in [-0.15, -0.1) is 4.91 Å². The Balaban J connectivity index is 0. The summed E-state index contributed by atoms with van der Waals surface area (Å²) in [5.41, 5.74) is 17.4. The van der Waals surface area contributed by atoms with Crippen LogP contribution in [0.3, 0.4) is 0 Å². The van der Waals surface area contributed by atoms with Crippen molar-refractivity contribution in [2.75, 3.05) is 18.2 Å². The third-order valence-corrected chi connectivity index (χ3v) is 5.35. The molecule has 4 N–H and O–H groups in total. The maximum Gasteiger partial charge on any atom is 0.177 e. The quantitative estimate of drug-likeness (QED) is 0.115. The second-order valence-corrected chi connectivity index (χ2v) is 10.0. The molecule has 7 heteroatoms. The van der Waals surface area contributed by atoms with Gasteiger partial charge in [0.25, 0.3) is 0 Å². The van der Waals surface area contributed by atoms with Crippen LogP contribution in [0.15, 0.2) is 89.1 Å². The number of aryl methyl sites for hydroxylation is 3. The summed E-state index contributed by atoms with van der Waals surface area (Å²) in [4.78, 5) is 24.0. The van der Waals surface area contributed by atoms with Gasteiger partial charge in [-0.2, -0.15) is 0 Å². The lowest BCUT2D eigenvalue weighted by Crippen LogP contribution is -2.23. The summed E-state index contributed by atoms with van der Waals surface area (Å²) >= 11 is 0. The molecule has 1 aliphatic rings. The van der Waals surface area contributed by atoms with Crippen molar-refractivity contribution in [1.82, 2.24) is 4.90 Å². The van der Waals surface area contributed by atoms with Crippen LogP contribution in [0.4, 0.5) is 5.69 Å². The average molecular weight is 566 g/mol. The molecule has 0 unspecified atom stereocenters. The molecule has 0 aliphatic carbocycles. The highest BCUT2D eigenvalue weighted by atomic mass is 16.3. The molecule has 0 aromatic heterocycles. The lowest BCUT2D eigenvalue weighted by atomic mass is 10.1. The summed E-state index contributed by atoms with van der Waals surface area (Å²) in [5, 5.41) is 4.40. The first-order valence-electron chi connectivity index (χ1n) is 14.4. The van der Waals surface area contributed by atoms with Crippen molar-refractivity contribution in [3.8, 4) is 0 Å². The second-order valence-electron chi connectivity index (χ2n) is 10.0. The van der Waals surface area contributed by atoms with Crippen LogP contribution < -0.4 is 16.5 Å². The number of nitroso groups, excluding NO2 is 1. The van der Waals surface area contributed by atoms with Gasteiger partial charge in [0, 0.05) is 12.6 Å². The van der Waals surface area contributed by atoms with Gasteiger partial charge in [-0.05, 0) is 69.4 Å². The van der Waals surface area contributed by atoms with Gasteiger partial charge in [-0.25, -0.2) is 5.01 Å². The number of Topliss-reactive ketones (excluding diaryl/α,β-unsaturated/α-hetero) is 1. The van der Waals surface area contributed by atoms with Crippen LogP contribution in [0.5, 0.6) is 0 Å². The van der Waals surface area contributed by atoms with E-state index in [0.29, 0.717) is 13.2 Å². The average Bonchev–Trinajstić information content (AvgIpc) is 3.72. The molecule has 7 nitrogen and oxygen atoms in total. The highest BCUT2D eigenvalue weighted by Gasteiger charge is 2.31. The van der Waals surface area contributed by atoms with Crippen molar-refractivity contribution < 1.29 is 4.79 Å². The van der Waals surface area contributed by atoms with Crippen molar-refractivity contribution in [1.29, 1.82) is 0 Å². The first-order valence-corrected chi connectivity index (χ1v) is 14.4. The zero-order valence-electron chi connectivity index (χ0n) is 27.4. The van der Waals surface area contributed by atoms with Gasteiger partial charge in [0.1, 0.15) is 6.67 Å². The van der Waals surface area contributed by atoms with Crippen molar-refractivity contribution in [2.24, 2.45) is 22.7 Å². The predicted octanol–water partition coefficient (Wildman–Crippen LogP) is 8.32. The Morgan fingerprint density at radius 2 is 1.59 bits per heavy atom. The summed E-state index contributed by atoms with van der Waals surface area (Å²) < 4.78 is 0. The number of ketones is 1. The minimum Gasteiger partial charge on any atom is -0.402 e. The number of benzene rings is 2. The van der Waals surface area contributed by atoms with E-state index in [4.69, 9.17) is 11.5 Å². The Hall–Kier alpha value is -3.87. The summed E-state index contributed by atoms with van der Waals surface area (Å²) in [7, 11) is 0. The first-order chi connectivity index (χ1) is 19.4. The molecule has 1 aliphatic heterocycles. The van der Waals surface area contributed by atoms with E-state index in [1.54, 1.807) is 0 Å². The summed E-state index contributed by atoms with van der Waals surface area (Å²) in [6.07, 6.45) is 6.76. The molecule has 2 aromatic rings. The lowest BCUT2D eigenvalue weighted by Gasteiger charge is -2.17. The number of hydrogen-bond donors (Lipinski definition) is 2. The van der Waals surface area contributed by atoms with Crippen LogP contribution in [0, 0.1) is 31.6 Å². The van der Waals surface area contributed by atoms with Crippen LogP contribution in [0.25, 0.3) is 0 Å². The van der Waals surface area contributed by atoms with Gasteiger partial charge < -0.3 is 16.4 Å². The Morgan fingerprint density at radius 3 is 1.98 bits per heavy atom. The van der Waals surface area contributed by atoms with Crippen LogP contribution >= 0.6 is 0 Å². The minimum absolute atomic E-state index is 0.153. The third-order valence-electron chi connectivity index (χ3n) is 5.35. The Bertz CT molecular complexity index is 1100. The van der Waals surface area contributed by atoms with Crippen LogP contribution in [0.1, 0.15) is 78.5 Å². The number of nitrogens with two attached hydrogens (primary N) is 2. The molecule has 0 spiro atoms. The molecule has 0 radical (unpaired) electrons. The maximum atomic E-state index is 11.2. The number of allylic oxidation sites excluding steroid dienone is 5. The number of anilines is 1. The lowest BCUT2D eigenvalue weighted by molar-refractivity contribution is -0.113. The maximum absolute atomic E-state index is 11.2. The third kappa shape index (κ3) is 18.9. The minimum atomic E-state index is -0.153. The number of carbonyl (C=O) groups is 1. The van der Waals surface area contributed by atoms with Gasteiger partial charge >= 0.3 is 0 Å². The molecule has 0 bridgehead atoms. The van der Waals surface area contributed by atoms with E-state index >= 15 is 0 Å². The smallest absolute Gasteiger partial charge is 0.177 e. The number of nitrogens with zero attached hydrogens (tertiary/aromatic N) is 3. The molecule has 3 rings (SSSR count). The van der Waals surface area contributed by atoms with E-state index in [1.165, 1.54) is 17.5 Å². The highest BCUT2D eigenvalue weighted by molar-refractivity contribution is 5.93. The van der Waals surface area contributed by atoms with Crippen LogP contribution in [-0.4, -0.2) is 23.9 Å². The summed E-state index contributed by atoms with van der Waals surface area (Å²) in [6, 6.07) is 16.0. The Labute approximate surface area is 249 Å². The van der Waals surface area contributed by atoms with Crippen LogP contribution in [0.2, 0.25) is 0 Å². The molecule has 0 atom stereocenters.